The zero-order chi connectivity index (χ0) is 17.0. The number of methoxy groups -OCH3 is 1. The number of piperidine rings is 1. The highest BCUT2D eigenvalue weighted by Gasteiger charge is 2.27. The van der Waals surface area contributed by atoms with Gasteiger partial charge in [-0.1, -0.05) is 26.0 Å². The van der Waals surface area contributed by atoms with E-state index in [1.54, 1.807) is 7.11 Å². The molecule has 0 aliphatic carbocycles. The number of hydrogen-bond donors (Lipinski definition) is 2. The Hall–Kier alpha value is -1.47. The molecule has 0 radical (unpaired) electrons. The highest BCUT2D eigenvalue weighted by molar-refractivity contribution is 5.93. The number of carbonyl (C=O) groups is 1. The van der Waals surface area contributed by atoms with Crippen LogP contribution < -0.4 is 10.6 Å². The lowest BCUT2D eigenvalue weighted by molar-refractivity contribution is 0.0175. The van der Waals surface area contributed by atoms with Gasteiger partial charge in [0.25, 0.3) is 5.91 Å². The summed E-state index contributed by atoms with van der Waals surface area (Å²) in [6.45, 7) is 10.6. The van der Waals surface area contributed by atoms with E-state index in [4.69, 9.17) is 4.74 Å². The summed E-state index contributed by atoms with van der Waals surface area (Å²) in [6, 6.07) is 0.326. The standard InChI is InChI=1S/C16H29N5O2/c1-11-14(15(22)18-10-13(23-5)16(2,3)4)19-20-21(11)12-6-8-17-9-7-12/h12-13,17H,6-10H2,1-5H3,(H,18,22). The predicted octanol–water partition coefficient (Wildman–Crippen LogP) is 1.30. The lowest BCUT2D eigenvalue weighted by Crippen LogP contribution is -2.40. The number of carbonyl (C=O) groups excluding carboxylic acids is 1. The van der Waals surface area contributed by atoms with Crippen molar-refractivity contribution in [2.45, 2.75) is 52.7 Å². The van der Waals surface area contributed by atoms with Crippen LogP contribution in [0.4, 0.5) is 0 Å². The van der Waals surface area contributed by atoms with Gasteiger partial charge in [0.15, 0.2) is 5.69 Å². The van der Waals surface area contributed by atoms with Crippen molar-refractivity contribution in [3.63, 3.8) is 0 Å². The summed E-state index contributed by atoms with van der Waals surface area (Å²) in [5.74, 6) is -0.186. The number of ether oxygens (including phenoxy) is 1. The fourth-order valence-electron chi connectivity index (χ4n) is 2.96. The van der Waals surface area contributed by atoms with Gasteiger partial charge in [0.1, 0.15) is 0 Å². The number of amides is 1. The van der Waals surface area contributed by atoms with Gasteiger partial charge in [0.2, 0.25) is 0 Å². The van der Waals surface area contributed by atoms with Crippen molar-refractivity contribution in [3.05, 3.63) is 11.4 Å². The third-order valence-electron chi connectivity index (χ3n) is 4.50. The van der Waals surface area contributed by atoms with Gasteiger partial charge in [-0.05, 0) is 38.3 Å². The molecule has 7 nitrogen and oxygen atoms in total. The summed E-state index contributed by atoms with van der Waals surface area (Å²) in [5, 5.41) is 14.6. The first-order chi connectivity index (χ1) is 10.8. The molecule has 1 atom stereocenters. The quantitative estimate of drug-likeness (QED) is 0.854. The van der Waals surface area contributed by atoms with Crippen LogP contribution in [-0.4, -0.2) is 53.7 Å². The van der Waals surface area contributed by atoms with E-state index in [9.17, 15) is 4.79 Å². The highest BCUT2D eigenvalue weighted by Crippen LogP contribution is 2.22. The van der Waals surface area contributed by atoms with Crippen molar-refractivity contribution in [1.82, 2.24) is 25.6 Å². The maximum atomic E-state index is 12.4. The van der Waals surface area contributed by atoms with E-state index in [1.807, 2.05) is 11.6 Å². The number of hydrogen-bond acceptors (Lipinski definition) is 5. The molecule has 1 aliphatic rings. The molecule has 2 N–H and O–H groups in total. The second kappa shape index (κ2) is 7.40. The Morgan fingerprint density at radius 3 is 2.65 bits per heavy atom. The van der Waals surface area contributed by atoms with Crippen LogP contribution in [0.15, 0.2) is 0 Å². The SMILES string of the molecule is COC(CNC(=O)c1nnn(C2CCNCC2)c1C)C(C)(C)C. The van der Waals surface area contributed by atoms with Gasteiger partial charge in [-0.25, -0.2) is 4.68 Å². The van der Waals surface area contributed by atoms with E-state index in [1.165, 1.54) is 0 Å². The second-order valence-electron chi connectivity index (χ2n) is 7.25. The van der Waals surface area contributed by atoms with E-state index >= 15 is 0 Å². The molecule has 0 bridgehead atoms. The van der Waals surface area contributed by atoms with Crippen LogP contribution in [0.1, 0.15) is 55.8 Å². The van der Waals surface area contributed by atoms with Crippen molar-refractivity contribution in [2.24, 2.45) is 5.41 Å². The smallest absolute Gasteiger partial charge is 0.273 e. The summed E-state index contributed by atoms with van der Waals surface area (Å²) < 4.78 is 7.36. The van der Waals surface area contributed by atoms with Crippen LogP contribution in [0.5, 0.6) is 0 Å². The number of aromatic nitrogens is 3. The maximum Gasteiger partial charge on any atom is 0.273 e. The summed E-state index contributed by atoms with van der Waals surface area (Å²) >= 11 is 0. The second-order valence-corrected chi connectivity index (χ2v) is 7.25. The monoisotopic (exact) mass is 323 g/mol. The molecule has 1 unspecified atom stereocenters. The Balaban J connectivity index is 2.01. The zero-order valence-corrected chi connectivity index (χ0v) is 14.8. The topological polar surface area (TPSA) is 81.1 Å². The lowest BCUT2D eigenvalue weighted by Gasteiger charge is -2.29. The first-order valence-electron chi connectivity index (χ1n) is 8.28. The average Bonchev–Trinajstić information content (AvgIpc) is 2.89. The van der Waals surface area contributed by atoms with Crippen molar-refractivity contribution in [2.75, 3.05) is 26.7 Å². The number of rotatable bonds is 5. The maximum absolute atomic E-state index is 12.4. The Morgan fingerprint density at radius 1 is 1.43 bits per heavy atom. The lowest BCUT2D eigenvalue weighted by atomic mass is 9.89. The molecule has 1 saturated heterocycles. The van der Waals surface area contributed by atoms with Gasteiger partial charge in [-0.3, -0.25) is 4.79 Å². The average molecular weight is 323 g/mol. The molecule has 2 rings (SSSR count). The summed E-state index contributed by atoms with van der Waals surface area (Å²) in [5.41, 5.74) is 1.20. The van der Waals surface area contributed by atoms with Gasteiger partial charge in [0, 0.05) is 13.7 Å². The van der Waals surface area contributed by atoms with E-state index in [0.29, 0.717) is 18.3 Å². The molecule has 1 amide bonds. The molecular formula is C16H29N5O2. The third-order valence-corrected chi connectivity index (χ3v) is 4.50. The van der Waals surface area contributed by atoms with Crippen LogP contribution in [-0.2, 0) is 4.74 Å². The molecule has 1 aromatic heterocycles. The molecule has 1 aromatic rings. The molecular weight excluding hydrogens is 294 g/mol. The molecule has 0 saturated carbocycles. The molecule has 0 spiro atoms. The Kier molecular flexibility index (Phi) is 5.75. The van der Waals surface area contributed by atoms with Crippen molar-refractivity contribution in [1.29, 1.82) is 0 Å². The van der Waals surface area contributed by atoms with Crippen LogP contribution in [0, 0.1) is 12.3 Å². The summed E-state index contributed by atoms with van der Waals surface area (Å²) in [6.07, 6.45) is 1.98. The third kappa shape index (κ3) is 4.29. The van der Waals surface area contributed by atoms with E-state index in [-0.39, 0.29) is 17.4 Å². The van der Waals surface area contributed by atoms with Crippen LogP contribution in [0.25, 0.3) is 0 Å². The summed E-state index contributed by atoms with van der Waals surface area (Å²) in [7, 11) is 1.67. The Morgan fingerprint density at radius 2 is 2.09 bits per heavy atom. The van der Waals surface area contributed by atoms with Gasteiger partial charge in [0.05, 0.1) is 17.8 Å². The largest absolute Gasteiger partial charge is 0.379 e. The van der Waals surface area contributed by atoms with Gasteiger partial charge in [-0.2, -0.15) is 0 Å². The Labute approximate surface area is 138 Å². The number of nitrogens with zero attached hydrogens (tertiary/aromatic N) is 3. The van der Waals surface area contributed by atoms with Gasteiger partial charge in [-0.15, -0.1) is 5.10 Å². The molecule has 23 heavy (non-hydrogen) atoms. The zero-order valence-electron chi connectivity index (χ0n) is 14.8. The molecule has 0 aromatic carbocycles. The molecule has 130 valence electrons. The van der Waals surface area contributed by atoms with E-state index in [2.05, 4.69) is 41.7 Å². The molecule has 1 aliphatic heterocycles. The minimum absolute atomic E-state index is 0.0379. The van der Waals surface area contributed by atoms with Gasteiger partial charge < -0.3 is 15.4 Å². The first kappa shape index (κ1) is 17.9. The molecule has 2 heterocycles. The fourth-order valence-corrected chi connectivity index (χ4v) is 2.96. The Bertz CT molecular complexity index is 529. The van der Waals surface area contributed by atoms with E-state index in [0.717, 1.165) is 31.6 Å². The molecule has 7 heteroatoms. The number of nitrogens with one attached hydrogen (secondary N) is 2. The molecule has 1 fully saturated rings. The minimum Gasteiger partial charge on any atom is -0.379 e. The van der Waals surface area contributed by atoms with E-state index < -0.39 is 0 Å². The van der Waals surface area contributed by atoms with Crippen LogP contribution in [0.3, 0.4) is 0 Å². The van der Waals surface area contributed by atoms with Gasteiger partial charge >= 0.3 is 0 Å². The fraction of sp³-hybridized carbons (Fsp3) is 0.812. The highest BCUT2D eigenvalue weighted by atomic mass is 16.5. The van der Waals surface area contributed by atoms with Crippen LogP contribution >= 0.6 is 0 Å². The normalized spacial score (nSPS) is 18.0. The van der Waals surface area contributed by atoms with Crippen molar-refractivity contribution < 1.29 is 9.53 Å². The first-order valence-corrected chi connectivity index (χ1v) is 8.28. The minimum atomic E-state index is -0.186. The van der Waals surface area contributed by atoms with Crippen LogP contribution in [0.2, 0.25) is 0 Å². The van der Waals surface area contributed by atoms with Crippen molar-refractivity contribution >= 4 is 5.91 Å². The van der Waals surface area contributed by atoms with Crippen molar-refractivity contribution in [3.8, 4) is 0 Å². The summed E-state index contributed by atoms with van der Waals surface area (Å²) in [4.78, 5) is 12.4. The predicted molar refractivity (Wildman–Crippen MR) is 88.5 cm³/mol.